The van der Waals surface area contributed by atoms with Crippen molar-refractivity contribution in [2.75, 3.05) is 25.1 Å². The van der Waals surface area contributed by atoms with E-state index in [1.54, 1.807) is 0 Å². The van der Waals surface area contributed by atoms with Crippen LogP contribution in [-0.4, -0.2) is 24.7 Å². The van der Waals surface area contributed by atoms with Crippen molar-refractivity contribution in [3.05, 3.63) is 36.0 Å². The molecular weight excluding hydrogens is 245 g/mol. The van der Waals surface area contributed by atoms with Gasteiger partial charge < -0.3 is 10.1 Å². The number of ether oxygens (including phenoxy) is 1. The van der Waals surface area contributed by atoms with Crippen LogP contribution >= 0.6 is 0 Å². The van der Waals surface area contributed by atoms with Crippen LogP contribution in [0.2, 0.25) is 0 Å². The number of nitrogens with one attached hydrogen (secondary N) is 1. The number of hydrogen-bond donors (Lipinski definition) is 1. The van der Waals surface area contributed by atoms with Crippen molar-refractivity contribution in [3.63, 3.8) is 0 Å². The third-order valence-electron chi connectivity index (χ3n) is 1.94. The first-order valence-corrected chi connectivity index (χ1v) is 5.40. The molecule has 0 unspecified atom stereocenters. The lowest BCUT2D eigenvalue weighted by molar-refractivity contribution is -0.141. The zero-order valence-corrected chi connectivity index (χ0v) is 10.0. The van der Waals surface area contributed by atoms with Gasteiger partial charge in [0.25, 0.3) is 0 Å². The Morgan fingerprint density at radius 2 is 2.17 bits per heavy atom. The minimum Gasteiger partial charge on any atom is -0.375 e. The summed E-state index contributed by atoms with van der Waals surface area (Å²) in [4.78, 5) is 3.47. The normalized spacial score (nSPS) is 11.3. The lowest BCUT2D eigenvalue weighted by Gasteiger charge is -2.09. The maximum absolute atomic E-state index is 12.4. The van der Waals surface area contributed by atoms with Crippen molar-refractivity contribution >= 4 is 5.82 Å². The number of halogens is 3. The molecule has 100 valence electrons. The van der Waals surface area contributed by atoms with Crippen LogP contribution in [0.5, 0.6) is 0 Å². The molecule has 3 nitrogen and oxygen atoms in total. The molecule has 0 saturated heterocycles. The lowest BCUT2D eigenvalue weighted by atomic mass is 10.3. The second-order valence-electron chi connectivity index (χ2n) is 3.84. The Balaban J connectivity index is 2.41. The Bertz CT molecular complexity index is 405. The summed E-state index contributed by atoms with van der Waals surface area (Å²) in [6.45, 7) is 6.71. The van der Waals surface area contributed by atoms with E-state index in [1.165, 1.54) is 12.1 Å². The van der Waals surface area contributed by atoms with E-state index in [-0.39, 0.29) is 5.82 Å². The van der Waals surface area contributed by atoms with Crippen molar-refractivity contribution < 1.29 is 17.9 Å². The fourth-order valence-corrected chi connectivity index (χ4v) is 1.19. The molecule has 0 aliphatic heterocycles. The summed E-state index contributed by atoms with van der Waals surface area (Å²) in [6, 6.07) is 3.73. The van der Waals surface area contributed by atoms with Gasteiger partial charge in [-0.15, -0.1) is 0 Å². The van der Waals surface area contributed by atoms with E-state index < -0.39 is 11.9 Å². The molecule has 0 saturated carbocycles. The highest BCUT2D eigenvalue weighted by atomic mass is 19.4. The van der Waals surface area contributed by atoms with Crippen molar-refractivity contribution in [1.82, 2.24) is 4.98 Å². The molecule has 18 heavy (non-hydrogen) atoms. The summed E-state index contributed by atoms with van der Waals surface area (Å²) < 4.78 is 42.3. The van der Waals surface area contributed by atoms with Gasteiger partial charge in [-0.3, -0.25) is 0 Å². The van der Waals surface area contributed by atoms with Crippen LogP contribution in [0.3, 0.4) is 0 Å². The van der Waals surface area contributed by atoms with E-state index in [2.05, 4.69) is 16.9 Å². The van der Waals surface area contributed by atoms with Gasteiger partial charge in [-0.05, 0) is 19.1 Å². The Morgan fingerprint density at radius 1 is 1.44 bits per heavy atom. The summed E-state index contributed by atoms with van der Waals surface area (Å²) in [5, 5.41) is 2.77. The van der Waals surface area contributed by atoms with Gasteiger partial charge in [-0.25, -0.2) is 4.98 Å². The predicted octanol–water partition coefficient (Wildman–Crippen LogP) is 3.11. The second-order valence-corrected chi connectivity index (χ2v) is 3.84. The molecule has 0 aliphatic carbocycles. The van der Waals surface area contributed by atoms with Crippen molar-refractivity contribution in [3.8, 4) is 0 Å². The van der Waals surface area contributed by atoms with Crippen molar-refractivity contribution in [2.24, 2.45) is 0 Å². The van der Waals surface area contributed by atoms with E-state index in [9.17, 15) is 13.2 Å². The van der Waals surface area contributed by atoms with Crippen LogP contribution in [-0.2, 0) is 10.9 Å². The van der Waals surface area contributed by atoms with Crippen LogP contribution in [0.15, 0.2) is 30.4 Å². The van der Waals surface area contributed by atoms with Crippen molar-refractivity contribution in [1.29, 1.82) is 0 Å². The van der Waals surface area contributed by atoms with E-state index in [4.69, 9.17) is 4.74 Å². The highest BCUT2D eigenvalue weighted by Gasteiger charge is 2.32. The average Bonchev–Trinajstić information content (AvgIpc) is 2.27. The molecule has 1 aromatic heterocycles. The zero-order chi connectivity index (χ0) is 13.6. The first kappa shape index (κ1) is 14.5. The quantitative estimate of drug-likeness (QED) is 0.630. The van der Waals surface area contributed by atoms with Crippen LogP contribution in [0, 0.1) is 0 Å². The Hall–Kier alpha value is -1.56. The van der Waals surface area contributed by atoms with E-state index in [0.717, 1.165) is 11.6 Å². The molecule has 0 aliphatic rings. The number of anilines is 1. The number of pyridine rings is 1. The second kappa shape index (κ2) is 6.39. The van der Waals surface area contributed by atoms with E-state index in [1.807, 2.05) is 6.92 Å². The molecular formula is C12H15F3N2O. The van der Waals surface area contributed by atoms with E-state index in [0.29, 0.717) is 19.8 Å². The largest absolute Gasteiger partial charge is 0.433 e. The third kappa shape index (κ3) is 5.18. The molecule has 0 atom stereocenters. The van der Waals surface area contributed by atoms with Gasteiger partial charge in [0.1, 0.15) is 11.5 Å². The summed E-state index contributed by atoms with van der Waals surface area (Å²) in [6.07, 6.45) is -4.42. The SMILES string of the molecule is C=C(C)COCCNc1cccc(C(F)(F)F)n1. The molecule has 0 bridgehead atoms. The Kier molecular flexibility index (Phi) is 5.15. The maximum Gasteiger partial charge on any atom is 0.433 e. The third-order valence-corrected chi connectivity index (χ3v) is 1.94. The number of nitrogens with zero attached hydrogens (tertiary/aromatic N) is 1. The van der Waals surface area contributed by atoms with Crippen LogP contribution in [0.4, 0.5) is 19.0 Å². The minimum absolute atomic E-state index is 0.184. The summed E-state index contributed by atoms with van der Waals surface area (Å²) in [5.41, 5.74) is -0.0115. The summed E-state index contributed by atoms with van der Waals surface area (Å²) in [5.74, 6) is 0.184. The smallest absolute Gasteiger partial charge is 0.375 e. The first-order valence-electron chi connectivity index (χ1n) is 5.40. The number of rotatable bonds is 6. The maximum atomic E-state index is 12.4. The summed E-state index contributed by atoms with van der Waals surface area (Å²) in [7, 11) is 0. The highest BCUT2D eigenvalue weighted by Crippen LogP contribution is 2.27. The topological polar surface area (TPSA) is 34.1 Å². The first-order chi connectivity index (χ1) is 8.39. The average molecular weight is 260 g/mol. The molecule has 1 heterocycles. The lowest BCUT2D eigenvalue weighted by Crippen LogP contribution is -2.13. The highest BCUT2D eigenvalue weighted by molar-refractivity contribution is 5.35. The molecule has 1 N–H and O–H groups in total. The van der Waals surface area contributed by atoms with Gasteiger partial charge in [0.15, 0.2) is 0 Å². The number of aromatic nitrogens is 1. The van der Waals surface area contributed by atoms with Gasteiger partial charge in [0.2, 0.25) is 0 Å². The van der Waals surface area contributed by atoms with Crippen LogP contribution in [0.25, 0.3) is 0 Å². The van der Waals surface area contributed by atoms with Gasteiger partial charge >= 0.3 is 6.18 Å². The van der Waals surface area contributed by atoms with Crippen molar-refractivity contribution in [2.45, 2.75) is 13.1 Å². The Labute approximate surface area is 104 Å². The van der Waals surface area contributed by atoms with E-state index >= 15 is 0 Å². The van der Waals surface area contributed by atoms with Gasteiger partial charge in [0.05, 0.1) is 13.2 Å². The minimum atomic E-state index is -4.42. The molecule has 0 spiro atoms. The predicted molar refractivity (Wildman–Crippen MR) is 63.4 cm³/mol. The molecule has 6 heteroatoms. The van der Waals surface area contributed by atoms with Gasteiger partial charge in [-0.1, -0.05) is 18.2 Å². The molecule has 0 radical (unpaired) electrons. The zero-order valence-electron chi connectivity index (χ0n) is 10.0. The fourth-order valence-electron chi connectivity index (χ4n) is 1.19. The number of alkyl halides is 3. The summed E-state index contributed by atoms with van der Waals surface area (Å²) >= 11 is 0. The Morgan fingerprint density at radius 3 is 2.78 bits per heavy atom. The molecule has 1 aromatic rings. The molecule has 0 aromatic carbocycles. The van der Waals surface area contributed by atoms with Gasteiger partial charge in [-0.2, -0.15) is 13.2 Å². The molecule has 0 amide bonds. The molecule has 1 rings (SSSR count). The monoisotopic (exact) mass is 260 g/mol. The standard InChI is InChI=1S/C12H15F3N2O/c1-9(2)8-18-7-6-16-11-5-3-4-10(17-11)12(13,14)15/h3-5H,1,6-8H2,2H3,(H,16,17). The van der Waals surface area contributed by atoms with Gasteiger partial charge in [0, 0.05) is 6.54 Å². The fraction of sp³-hybridized carbons (Fsp3) is 0.417. The van der Waals surface area contributed by atoms with Crippen LogP contribution in [0.1, 0.15) is 12.6 Å². The van der Waals surface area contributed by atoms with Crippen LogP contribution < -0.4 is 5.32 Å². The molecule has 0 fully saturated rings. The number of hydrogen-bond acceptors (Lipinski definition) is 3.